The maximum absolute atomic E-state index is 12.2. The van der Waals surface area contributed by atoms with Gasteiger partial charge in [-0.2, -0.15) is 0 Å². The third-order valence-electron chi connectivity index (χ3n) is 3.60. The van der Waals surface area contributed by atoms with Gasteiger partial charge in [0, 0.05) is 16.6 Å². The van der Waals surface area contributed by atoms with Crippen LogP contribution in [0.4, 0.5) is 5.82 Å². The minimum Gasteiger partial charge on any atom is -0.330 e. The zero-order valence-corrected chi connectivity index (χ0v) is 12.0. The lowest BCUT2D eigenvalue weighted by atomic mass is 9.95. The van der Waals surface area contributed by atoms with E-state index in [-0.39, 0.29) is 11.8 Å². The average Bonchev–Trinajstić information content (AvgIpc) is 2.82. The number of halogens is 1. The zero-order chi connectivity index (χ0) is 13.1. The molecule has 1 aliphatic carbocycles. The summed E-state index contributed by atoms with van der Waals surface area (Å²) in [5.41, 5.74) is 6.76. The standard InChI is InChI=1S/C13H18BrN3O/c1-8-5-12(16-7-11(8)14)17-13(18)10-4-2-3-9(10)6-15/h5,7,9-10H,2-4,6,15H2,1H3,(H,16,17,18). The number of aromatic nitrogens is 1. The smallest absolute Gasteiger partial charge is 0.228 e. The first kappa shape index (κ1) is 13.5. The number of nitrogens with one attached hydrogen (secondary N) is 1. The van der Waals surface area contributed by atoms with Crippen LogP contribution in [0.25, 0.3) is 0 Å². The normalized spacial score (nSPS) is 23.1. The summed E-state index contributed by atoms with van der Waals surface area (Å²) in [6.45, 7) is 2.56. The number of amides is 1. The van der Waals surface area contributed by atoms with Crippen LogP contribution >= 0.6 is 15.9 Å². The van der Waals surface area contributed by atoms with Gasteiger partial charge in [0.25, 0.3) is 0 Å². The van der Waals surface area contributed by atoms with Crippen molar-refractivity contribution >= 4 is 27.7 Å². The van der Waals surface area contributed by atoms with Crippen LogP contribution in [-0.4, -0.2) is 17.4 Å². The maximum atomic E-state index is 12.2. The van der Waals surface area contributed by atoms with Crippen LogP contribution in [0.5, 0.6) is 0 Å². The van der Waals surface area contributed by atoms with E-state index in [4.69, 9.17) is 5.73 Å². The number of anilines is 1. The third kappa shape index (κ3) is 2.90. The second kappa shape index (κ2) is 5.80. The quantitative estimate of drug-likeness (QED) is 0.901. The molecule has 1 aromatic rings. The first-order valence-corrected chi connectivity index (χ1v) is 7.04. The largest absolute Gasteiger partial charge is 0.330 e. The molecule has 1 aromatic heterocycles. The fourth-order valence-electron chi connectivity index (χ4n) is 2.49. The molecule has 2 atom stereocenters. The molecule has 4 nitrogen and oxygen atoms in total. The van der Waals surface area contributed by atoms with E-state index in [1.807, 2.05) is 13.0 Å². The topological polar surface area (TPSA) is 68.0 Å². The highest BCUT2D eigenvalue weighted by molar-refractivity contribution is 9.10. The van der Waals surface area contributed by atoms with Crippen LogP contribution < -0.4 is 11.1 Å². The molecule has 98 valence electrons. The molecule has 0 bridgehead atoms. The van der Waals surface area contributed by atoms with Gasteiger partial charge in [0.15, 0.2) is 0 Å². The van der Waals surface area contributed by atoms with Gasteiger partial charge in [0.1, 0.15) is 5.82 Å². The Bertz CT molecular complexity index is 450. The van der Waals surface area contributed by atoms with E-state index in [1.165, 1.54) is 0 Å². The van der Waals surface area contributed by atoms with E-state index in [0.717, 1.165) is 29.3 Å². The van der Waals surface area contributed by atoms with Gasteiger partial charge in [-0.25, -0.2) is 4.98 Å². The van der Waals surface area contributed by atoms with Crippen molar-refractivity contribution in [1.82, 2.24) is 4.98 Å². The summed E-state index contributed by atoms with van der Waals surface area (Å²) in [5.74, 6) is 1.03. The molecule has 1 amide bonds. The van der Waals surface area contributed by atoms with E-state index < -0.39 is 0 Å². The third-order valence-corrected chi connectivity index (χ3v) is 4.43. The first-order valence-electron chi connectivity index (χ1n) is 6.25. The molecular formula is C13H18BrN3O. The molecule has 1 heterocycles. The van der Waals surface area contributed by atoms with Gasteiger partial charge in [-0.3, -0.25) is 4.79 Å². The number of nitrogens with two attached hydrogens (primary N) is 1. The van der Waals surface area contributed by atoms with Crippen molar-refractivity contribution in [2.24, 2.45) is 17.6 Å². The van der Waals surface area contributed by atoms with E-state index in [1.54, 1.807) is 6.20 Å². The van der Waals surface area contributed by atoms with Crippen LogP contribution in [0.15, 0.2) is 16.7 Å². The van der Waals surface area contributed by atoms with E-state index in [2.05, 4.69) is 26.2 Å². The van der Waals surface area contributed by atoms with Gasteiger partial charge in [0.2, 0.25) is 5.91 Å². The Kier molecular flexibility index (Phi) is 4.35. The lowest BCUT2D eigenvalue weighted by molar-refractivity contribution is -0.120. The van der Waals surface area contributed by atoms with Crippen molar-refractivity contribution in [1.29, 1.82) is 0 Å². The zero-order valence-electron chi connectivity index (χ0n) is 10.4. The highest BCUT2D eigenvalue weighted by Crippen LogP contribution is 2.31. The van der Waals surface area contributed by atoms with Crippen molar-refractivity contribution in [2.45, 2.75) is 26.2 Å². The van der Waals surface area contributed by atoms with Crippen LogP contribution in [0, 0.1) is 18.8 Å². The molecule has 1 saturated carbocycles. The van der Waals surface area contributed by atoms with Gasteiger partial charge >= 0.3 is 0 Å². The predicted molar refractivity (Wildman–Crippen MR) is 75.2 cm³/mol. The molecule has 2 unspecified atom stereocenters. The molecular weight excluding hydrogens is 294 g/mol. The summed E-state index contributed by atoms with van der Waals surface area (Å²) in [5, 5.41) is 2.89. The number of carbonyl (C=O) groups excluding carboxylic acids is 1. The number of pyridine rings is 1. The molecule has 5 heteroatoms. The minimum atomic E-state index is 0.0424. The van der Waals surface area contributed by atoms with Crippen LogP contribution in [0.2, 0.25) is 0 Å². The van der Waals surface area contributed by atoms with E-state index in [0.29, 0.717) is 18.3 Å². The fraction of sp³-hybridized carbons (Fsp3) is 0.538. The van der Waals surface area contributed by atoms with Crippen molar-refractivity contribution in [3.05, 3.63) is 22.3 Å². The van der Waals surface area contributed by atoms with Gasteiger partial charge < -0.3 is 11.1 Å². The Hall–Kier alpha value is -0.940. The summed E-state index contributed by atoms with van der Waals surface area (Å²) in [6, 6.07) is 1.87. The van der Waals surface area contributed by atoms with Crippen LogP contribution in [0.3, 0.4) is 0 Å². The Morgan fingerprint density at radius 3 is 3.06 bits per heavy atom. The monoisotopic (exact) mass is 311 g/mol. The van der Waals surface area contributed by atoms with E-state index in [9.17, 15) is 4.79 Å². The lowest BCUT2D eigenvalue weighted by Gasteiger charge is -2.17. The number of hydrogen-bond donors (Lipinski definition) is 2. The van der Waals surface area contributed by atoms with Crippen LogP contribution in [-0.2, 0) is 4.79 Å². The number of rotatable bonds is 3. The Morgan fingerprint density at radius 1 is 1.61 bits per heavy atom. The second-order valence-corrected chi connectivity index (χ2v) is 5.70. The van der Waals surface area contributed by atoms with E-state index >= 15 is 0 Å². The molecule has 0 saturated heterocycles. The predicted octanol–water partition coefficient (Wildman–Crippen LogP) is 2.47. The number of carbonyl (C=O) groups is 1. The van der Waals surface area contributed by atoms with Gasteiger partial charge in [-0.15, -0.1) is 0 Å². The number of aryl methyl sites for hydroxylation is 1. The van der Waals surface area contributed by atoms with Gasteiger partial charge in [-0.05, 0) is 59.8 Å². The van der Waals surface area contributed by atoms with Crippen molar-refractivity contribution < 1.29 is 4.79 Å². The summed E-state index contributed by atoms with van der Waals surface area (Å²) in [6.07, 6.45) is 4.79. The molecule has 0 aliphatic heterocycles. The average molecular weight is 312 g/mol. The fourth-order valence-corrected chi connectivity index (χ4v) is 2.71. The van der Waals surface area contributed by atoms with Gasteiger partial charge in [-0.1, -0.05) is 6.42 Å². The number of nitrogens with zero attached hydrogens (tertiary/aromatic N) is 1. The molecule has 18 heavy (non-hydrogen) atoms. The molecule has 0 aromatic carbocycles. The highest BCUT2D eigenvalue weighted by atomic mass is 79.9. The number of hydrogen-bond acceptors (Lipinski definition) is 3. The molecule has 3 N–H and O–H groups in total. The SMILES string of the molecule is Cc1cc(NC(=O)C2CCCC2CN)ncc1Br. The lowest BCUT2D eigenvalue weighted by Crippen LogP contribution is -2.30. The van der Waals surface area contributed by atoms with Crippen molar-refractivity contribution in [3.63, 3.8) is 0 Å². The minimum absolute atomic E-state index is 0.0424. The van der Waals surface area contributed by atoms with Gasteiger partial charge in [0.05, 0.1) is 0 Å². The second-order valence-electron chi connectivity index (χ2n) is 4.84. The summed E-state index contributed by atoms with van der Waals surface area (Å²) >= 11 is 3.39. The summed E-state index contributed by atoms with van der Waals surface area (Å²) < 4.78 is 0.946. The highest BCUT2D eigenvalue weighted by Gasteiger charge is 2.32. The summed E-state index contributed by atoms with van der Waals surface area (Å²) in [4.78, 5) is 16.4. The molecule has 2 rings (SSSR count). The Morgan fingerprint density at radius 2 is 2.39 bits per heavy atom. The Labute approximate surface area is 115 Å². The van der Waals surface area contributed by atoms with Crippen molar-refractivity contribution in [3.8, 4) is 0 Å². The molecule has 0 radical (unpaired) electrons. The Balaban J connectivity index is 2.04. The maximum Gasteiger partial charge on any atom is 0.228 e. The van der Waals surface area contributed by atoms with Crippen LogP contribution in [0.1, 0.15) is 24.8 Å². The summed E-state index contributed by atoms with van der Waals surface area (Å²) in [7, 11) is 0. The molecule has 0 spiro atoms. The van der Waals surface area contributed by atoms with Crippen molar-refractivity contribution in [2.75, 3.05) is 11.9 Å². The molecule has 1 fully saturated rings. The first-order chi connectivity index (χ1) is 8.61. The molecule has 1 aliphatic rings.